The minimum Gasteiger partial charge on any atom is -0.343 e. The molecule has 1 aromatic rings. The van der Waals surface area contributed by atoms with E-state index in [1.54, 1.807) is 11.9 Å². The summed E-state index contributed by atoms with van der Waals surface area (Å²) in [5.74, 6) is -0.0424. The summed E-state index contributed by atoms with van der Waals surface area (Å²) in [6.45, 7) is 9.90. The van der Waals surface area contributed by atoms with E-state index in [1.807, 2.05) is 37.1 Å². The van der Waals surface area contributed by atoms with Gasteiger partial charge in [-0.25, -0.2) is 0 Å². The molecule has 0 N–H and O–H groups in total. The lowest BCUT2D eigenvalue weighted by atomic mass is 10.1. The second kappa shape index (κ2) is 3.77. The van der Waals surface area contributed by atoms with Crippen LogP contribution in [-0.2, 0) is 0 Å². The average Bonchev–Trinajstić information content (AvgIpc) is 2.38. The van der Waals surface area contributed by atoms with Gasteiger partial charge in [0.25, 0.3) is 5.91 Å². The molecule has 1 aliphatic rings. The molecule has 2 rings (SSSR count). The summed E-state index contributed by atoms with van der Waals surface area (Å²) in [7, 11) is 3.63. The van der Waals surface area contributed by atoms with Crippen molar-refractivity contribution in [2.75, 3.05) is 19.0 Å². The average molecular weight is 228 g/mol. The zero-order valence-electron chi connectivity index (χ0n) is 10.4. The summed E-state index contributed by atoms with van der Waals surface area (Å²) in [5.41, 5.74) is 4.03. The number of fused-ring (bicyclic) bond motifs is 1. The van der Waals surface area contributed by atoms with Crippen LogP contribution in [0, 0.1) is 6.92 Å². The summed E-state index contributed by atoms with van der Waals surface area (Å²) < 4.78 is 0. The van der Waals surface area contributed by atoms with Gasteiger partial charge in [0, 0.05) is 14.1 Å². The number of para-hydroxylation sites is 1. The van der Waals surface area contributed by atoms with Crippen LogP contribution < -0.4 is 4.90 Å². The maximum absolute atomic E-state index is 12.3. The fourth-order valence-electron chi connectivity index (χ4n) is 2.10. The van der Waals surface area contributed by atoms with Gasteiger partial charge in [0.05, 0.1) is 22.6 Å². The maximum atomic E-state index is 12.3. The van der Waals surface area contributed by atoms with E-state index < -0.39 is 0 Å². The standard InChI is InChI=1S/C14H16N2O/c1-9-7-6-8-12-13(9)15(4)10(2)11(3)16(5)14(12)17/h6-8H,2-3H2,1,4-5H3. The Hall–Kier alpha value is -2.03. The van der Waals surface area contributed by atoms with Crippen molar-refractivity contribution in [1.29, 1.82) is 0 Å². The van der Waals surface area contributed by atoms with Crippen LogP contribution in [0.4, 0.5) is 5.69 Å². The number of hydrogen-bond donors (Lipinski definition) is 0. The van der Waals surface area contributed by atoms with Crippen molar-refractivity contribution in [2.45, 2.75) is 6.92 Å². The van der Waals surface area contributed by atoms with Crippen LogP contribution in [0.3, 0.4) is 0 Å². The molecule has 0 radical (unpaired) electrons. The van der Waals surface area contributed by atoms with Crippen LogP contribution >= 0.6 is 0 Å². The molecule has 17 heavy (non-hydrogen) atoms. The van der Waals surface area contributed by atoms with Crippen molar-refractivity contribution in [3.05, 3.63) is 53.9 Å². The highest BCUT2D eigenvalue weighted by Crippen LogP contribution is 2.33. The van der Waals surface area contributed by atoms with Gasteiger partial charge in [0.15, 0.2) is 0 Å². The third-order valence-electron chi connectivity index (χ3n) is 3.25. The summed E-state index contributed by atoms with van der Waals surface area (Å²) in [6, 6.07) is 5.72. The van der Waals surface area contributed by atoms with E-state index >= 15 is 0 Å². The number of rotatable bonds is 0. The maximum Gasteiger partial charge on any atom is 0.260 e. The molecule has 0 saturated heterocycles. The van der Waals surface area contributed by atoms with Crippen molar-refractivity contribution >= 4 is 11.6 Å². The number of likely N-dealkylation sites (N-methyl/N-ethyl adjacent to an activating group) is 2. The molecule has 0 spiro atoms. The Morgan fingerprint density at radius 2 is 1.65 bits per heavy atom. The Bertz CT molecular complexity index is 531. The van der Waals surface area contributed by atoms with E-state index in [0.717, 1.165) is 16.9 Å². The van der Waals surface area contributed by atoms with E-state index in [-0.39, 0.29) is 5.91 Å². The Kier molecular flexibility index (Phi) is 2.54. The number of carbonyl (C=O) groups is 1. The molecule has 0 fully saturated rings. The van der Waals surface area contributed by atoms with Crippen LogP contribution in [0.15, 0.2) is 42.8 Å². The number of aryl methyl sites for hydroxylation is 1. The molecule has 1 aromatic carbocycles. The molecule has 0 aromatic heterocycles. The van der Waals surface area contributed by atoms with Crippen molar-refractivity contribution in [1.82, 2.24) is 4.90 Å². The first-order valence-corrected chi connectivity index (χ1v) is 5.44. The highest BCUT2D eigenvalue weighted by Gasteiger charge is 2.28. The fraction of sp³-hybridized carbons (Fsp3) is 0.214. The lowest BCUT2D eigenvalue weighted by Gasteiger charge is -2.23. The van der Waals surface area contributed by atoms with Crippen LogP contribution in [0.5, 0.6) is 0 Å². The molecule has 0 saturated carbocycles. The predicted molar refractivity (Wildman–Crippen MR) is 70.0 cm³/mol. The van der Waals surface area contributed by atoms with E-state index in [4.69, 9.17) is 0 Å². The third kappa shape index (κ3) is 1.55. The fourth-order valence-corrected chi connectivity index (χ4v) is 2.10. The summed E-state index contributed by atoms with van der Waals surface area (Å²) >= 11 is 0. The molecule has 0 atom stereocenters. The van der Waals surface area contributed by atoms with Gasteiger partial charge in [-0.2, -0.15) is 0 Å². The van der Waals surface area contributed by atoms with Gasteiger partial charge in [-0.05, 0) is 18.6 Å². The minimum atomic E-state index is -0.0424. The lowest BCUT2D eigenvalue weighted by molar-refractivity contribution is 0.0842. The molecule has 1 heterocycles. The Balaban J connectivity index is 2.74. The first-order chi connectivity index (χ1) is 7.95. The zero-order valence-corrected chi connectivity index (χ0v) is 10.4. The largest absolute Gasteiger partial charge is 0.343 e. The van der Waals surface area contributed by atoms with Gasteiger partial charge in [0.1, 0.15) is 0 Å². The number of carbonyl (C=O) groups excluding carboxylic acids is 1. The topological polar surface area (TPSA) is 23.6 Å². The highest BCUT2D eigenvalue weighted by atomic mass is 16.2. The molecule has 0 bridgehead atoms. The van der Waals surface area contributed by atoms with Gasteiger partial charge in [-0.15, -0.1) is 0 Å². The van der Waals surface area contributed by atoms with Crippen LogP contribution in [-0.4, -0.2) is 24.9 Å². The van der Waals surface area contributed by atoms with Crippen molar-refractivity contribution in [3.8, 4) is 0 Å². The van der Waals surface area contributed by atoms with Crippen LogP contribution in [0.25, 0.3) is 0 Å². The second-order valence-corrected chi connectivity index (χ2v) is 4.29. The Morgan fingerprint density at radius 3 is 2.29 bits per heavy atom. The number of amides is 1. The van der Waals surface area contributed by atoms with Crippen LogP contribution in [0.1, 0.15) is 15.9 Å². The molecule has 88 valence electrons. The van der Waals surface area contributed by atoms with Crippen LogP contribution in [0.2, 0.25) is 0 Å². The first kappa shape index (κ1) is 11.5. The summed E-state index contributed by atoms with van der Waals surface area (Å²) in [4.78, 5) is 15.8. The van der Waals surface area contributed by atoms with E-state index in [2.05, 4.69) is 13.2 Å². The first-order valence-electron chi connectivity index (χ1n) is 5.44. The zero-order chi connectivity index (χ0) is 12.7. The summed E-state index contributed by atoms with van der Waals surface area (Å²) in [5, 5.41) is 0. The van der Waals surface area contributed by atoms with Gasteiger partial charge in [-0.3, -0.25) is 4.79 Å². The minimum absolute atomic E-state index is 0.0424. The Morgan fingerprint density at radius 1 is 1.06 bits per heavy atom. The molecule has 0 unspecified atom stereocenters. The molecule has 0 aliphatic carbocycles. The molecule has 3 nitrogen and oxygen atoms in total. The SMILES string of the molecule is C=C1C(=C)N(C)c2c(C)cccc2C(=O)N1C. The molecule has 1 amide bonds. The lowest BCUT2D eigenvalue weighted by Crippen LogP contribution is -2.25. The van der Waals surface area contributed by atoms with E-state index in [1.165, 1.54) is 0 Å². The normalized spacial score (nSPS) is 16.1. The van der Waals surface area contributed by atoms with E-state index in [9.17, 15) is 4.79 Å². The Labute approximate surface area is 102 Å². The number of anilines is 1. The van der Waals surface area contributed by atoms with Crippen molar-refractivity contribution in [3.63, 3.8) is 0 Å². The van der Waals surface area contributed by atoms with Crippen molar-refractivity contribution < 1.29 is 4.79 Å². The number of nitrogens with zero attached hydrogens (tertiary/aromatic N) is 2. The summed E-state index contributed by atoms with van der Waals surface area (Å²) in [6.07, 6.45) is 0. The quantitative estimate of drug-likeness (QED) is 0.681. The third-order valence-corrected chi connectivity index (χ3v) is 3.25. The van der Waals surface area contributed by atoms with E-state index in [0.29, 0.717) is 11.3 Å². The predicted octanol–water partition coefficient (Wildman–Crippen LogP) is 2.54. The molecular weight excluding hydrogens is 212 g/mol. The van der Waals surface area contributed by atoms with Gasteiger partial charge >= 0.3 is 0 Å². The van der Waals surface area contributed by atoms with Gasteiger partial charge in [-0.1, -0.05) is 25.3 Å². The van der Waals surface area contributed by atoms with Gasteiger partial charge < -0.3 is 9.80 Å². The van der Waals surface area contributed by atoms with Gasteiger partial charge in [0.2, 0.25) is 0 Å². The smallest absolute Gasteiger partial charge is 0.260 e. The molecule has 3 heteroatoms. The molecule has 1 aliphatic heterocycles. The molecular formula is C14H16N2O. The number of hydrogen-bond acceptors (Lipinski definition) is 2. The highest BCUT2D eigenvalue weighted by molar-refractivity contribution is 6.03. The monoisotopic (exact) mass is 228 g/mol. The van der Waals surface area contributed by atoms with Crippen molar-refractivity contribution in [2.24, 2.45) is 0 Å². The number of benzene rings is 1. The second-order valence-electron chi connectivity index (χ2n) is 4.29.